The Labute approximate surface area is 131 Å². The van der Waals surface area contributed by atoms with Crippen molar-refractivity contribution < 1.29 is 4.79 Å². The summed E-state index contributed by atoms with van der Waals surface area (Å²) in [7, 11) is 0. The van der Waals surface area contributed by atoms with Gasteiger partial charge in [-0.15, -0.1) is 0 Å². The first kappa shape index (κ1) is 14.8. The lowest BCUT2D eigenvalue weighted by Gasteiger charge is -2.20. The summed E-state index contributed by atoms with van der Waals surface area (Å²) in [6.45, 7) is 9.01. The van der Waals surface area contributed by atoms with Gasteiger partial charge in [0.15, 0.2) is 0 Å². The lowest BCUT2D eigenvalue weighted by atomic mass is 9.95. The minimum absolute atomic E-state index is 0.181. The van der Waals surface area contributed by atoms with Crippen LogP contribution in [-0.4, -0.2) is 22.6 Å². The summed E-state index contributed by atoms with van der Waals surface area (Å²) in [6, 6.07) is 6.35. The monoisotopic (exact) mass is 297 g/mol. The summed E-state index contributed by atoms with van der Waals surface area (Å²) >= 11 is 0. The Hall–Kier alpha value is -2.10. The van der Waals surface area contributed by atoms with Gasteiger partial charge in [0.1, 0.15) is 0 Å². The Morgan fingerprint density at radius 1 is 1.36 bits per heavy atom. The molecule has 0 bridgehead atoms. The molecule has 1 aliphatic rings. The molecule has 0 radical (unpaired) electrons. The number of carbonyl (C=O) groups is 1. The fourth-order valence-electron chi connectivity index (χ4n) is 3.55. The number of H-pyrrole nitrogens is 1. The second-order valence-corrected chi connectivity index (χ2v) is 6.38. The zero-order valence-electron chi connectivity index (χ0n) is 13.7. The Morgan fingerprint density at radius 2 is 2.14 bits per heavy atom. The Kier molecular flexibility index (Phi) is 3.77. The van der Waals surface area contributed by atoms with Crippen LogP contribution in [0, 0.1) is 20.8 Å². The number of anilines is 1. The second kappa shape index (κ2) is 5.59. The molecule has 0 saturated carbocycles. The molecule has 3 rings (SSSR count). The number of rotatable bonds is 3. The molecule has 0 aliphatic carbocycles. The van der Waals surface area contributed by atoms with E-state index in [1.807, 2.05) is 18.7 Å². The van der Waals surface area contributed by atoms with E-state index in [0.717, 1.165) is 30.0 Å². The van der Waals surface area contributed by atoms with Gasteiger partial charge in [0.05, 0.1) is 5.69 Å². The topological polar surface area (TPSA) is 49.0 Å². The smallest absolute Gasteiger partial charge is 0.227 e. The average Bonchev–Trinajstić information content (AvgIpc) is 3.01. The number of benzene rings is 1. The van der Waals surface area contributed by atoms with Crippen molar-refractivity contribution >= 4 is 11.6 Å². The zero-order valence-corrected chi connectivity index (χ0v) is 13.7. The molecule has 22 heavy (non-hydrogen) atoms. The molecule has 0 fully saturated rings. The van der Waals surface area contributed by atoms with E-state index in [1.54, 1.807) is 0 Å². The van der Waals surface area contributed by atoms with E-state index in [9.17, 15) is 4.79 Å². The number of aryl methyl sites for hydroxylation is 3. The molecule has 0 saturated heterocycles. The normalized spacial score (nSPS) is 15.0. The van der Waals surface area contributed by atoms with Gasteiger partial charge < -0.3 is 4.90 Å². The molecule has 1 N–H and O–H groups in total. The highest BCUT2D eigenvalue weighted by molar-refractivity contribution is 5.96. The Morgan fingerprint density at radius 3 is 2.82 bits per heavy atom. The van der Waals surface area contributed by atoms with Gasteiger partial charge in [0.2, 0.25) is 5.91 Å². The van der Waals surface area contributed by atoms with Crippen molar-refractivity contribution in [1.29, 1.82) is 0 Å². The van der Waals surface area contributed by atoms with Gasteiger partial charge in [-0.2, -0.15) is 5.10 Å². The third-order valence-corrected chi connectivity index (χ3v) is 4.59. The number of aromatic amines is 1. The predicted octanol–water partition coefficient (Wildman–Crippen LogP) is 3.42. The van der Waals surface area contributed by atoms with Gasteiger partial charge in [-0.25, -0.2) is 0 Å². The van der Waals surface area contributed by atoms with Crippen molar-refractivity contribution in [3.63, 3.8) is 0 Å². The van der Waals surface area contributed by atoms with Gasteiger partial charge in [0.25, 0.3) is 0 Å². The standard InChI is InChI=1S/C18H23N3O/c1-11-5-6-16-15(9-11)7-8-21(16)17(22)10-12(2)18-13(3)19-20-14(18)4/h5-6,9,12H,7-8,10H2,1-4H3,(H,19,20)/t12-/m0/s1. The predicted molar refractivity (Wildman–Crippen MR) is 88.3 cm³/mol. The highest BCUT2D eigenvalue weighted by Gasteiger charge is 2.27. The van der Waals surface area contributed by atoms with E-state index in [2.05, 4.69) is 42.2 Å². The first-order valence-electron chi connectivity index (χ1n) is 7.88. The highest BCUT2D eigenvalue weighted by Crippen LogP contribution is 2.31. The van der Waals surface area contributed by atoms with Crippen LogP contribution >= 0.6 is 0 Å². The molecule has 1 aliphatic heterocycles. The molecule has 116 valence electrons. The number of aromatic nitrogens is 2. The maximum atomic E-state index is 12.7. The zero-order chi connectivity index (χ0) is 15.9. The van der Waals surface area contributed by atoms with Crippen LogP contribution in [0.4, 0.5) is 5.69 Å². The van der Waals surface area contributed by atoms with Crippen molar-refractivity contribution in [1.82, 2.24) is 10.2 Å². The minimum atomic E-state index is 0.181. The van der Waals surface area contributed by atoms with E-state index in [0.29, 0.717) is 6.42 Å². The number of hydrogen-bond donors (Lipinski definition) is 1. The lowest BCUT2D eigenvalue weighted by Crippen LogP contribution is -2.29. The molecule has 0 spiro atoms. The minimum Gasteiger partial charge on any atom is -0.312 e. The third kappa shape index (κ3) is 2.54. The summed E-state index contributed by atoms with van der Waals surface area (Å²) in [4.78, 5) is 14.7. The van der Waals surface area contributed by atoms with Crippen LogP contribution in [0.5, 0.6) is 0 Å². The van der Waals surface area contributed by atoms with Gasteiger partial charge >= 0.3 is 0 Å². The quantitative estimate of drug-likeness (QED) is 0.943. The van der Waals surface area contributed by atoms with Crippen LogP contribution < -0.4 is 4.90 Å². The molecule has 1 aromatic carbocycles. The summed E-state index contributed by atoms with van der Waals surface area (Å²) in [6.07, 6.45) is 1.48. The van der Waals surface area contributed by atoms with Crippen LogP contribution in [0.3, 0.4) is 0 Å². The van der Waals surface area contributed by atoms with Crippen LogP contribution in [0.2, 0.25) is 0 Å². The molecule has 4 nitrogen and oxygen atoms in total. The number of amides is 1. The van der Waals surface area contributed by atoms with Crippen molar-refractivity contribution in [2.75, 3.05) is 11.4 Å². The van der Waals surface area contributed by atoms with Crippen LogP contribution in [-0.2, 0) is 11.2 Å². The SMILES string of the molecule is Cc1ccc2c(c1)CCN2C(=O)C[C@H](C)c1c(C)n[nH]c1C. The maximum Gasteiger partial charge on any atom is 0.227 e. The number of nitrogens with zero attached hydrogens (tertiary/aromatic N) is 2. The number of hydrogen-bond acceptors (Lipinski definition) is 2. The first-order valence-corrected chi connectivity index (χ1v) is 7.88. The first-order chi connectivity index (χ1) is 10.5. The van der Waals surface area contributed by atoms with Crippen molar-refractivity contribution in [2.45, 2.75) is 46.5 Å². The van der Waals surface area contributed by atoms with Crippen molar-refractivity contribution in [3.8, 4) is 0 Å². The van der Waals surface area contributed by atoms with Gasteiger partial charge in [-0.3, -0.25) is 9.89 Å². The van der Waals surface area contributed by atoms with E-state index in [1.165, 1.54) is 16.7 Å². The molecular formula is C18H23N3O. The lowest BCUT2D eigenvalue weighted by molar-refractivity contribution is -0.118. The molecule has 2 heterocycles. The molecule has 2 aromatic rings. The van der Waals surface area contributed by atoms with E-state index < -0.39 is 0 Å². The fraction of sp³-hybridized carbons (Fsp3) is 0.444. The average molecular weight is 297 g/mol. The van der Waals surface area contributed by atoms with Gasteiger partial charge in [-0.05, 0) is 50.3 Å². The fourth-order valence-corrected chi connectivity index (χ4v) is 3.55. The number of carbonyl (C=O) groups excluding carboxylic acids is 1. The van der Waals surface area contributed by atoms with Crippen molar-refractivity contribution in [3.05, 3.63) is 46.3 Å². The third-order valence-electron chi connectivity index (χ3n) is 4.59. The molecule has 1 amide bonds. The molecule has 0 unspecified atom stereocenters. The Bertz CT molecular complexity index is 698. The summed E-state index contributed by atoms with van der Waals surface area (Å²) < 4.78 is 0. The number of fused-ring (bicyclic) bond motifs is 1. The summed E-state index contributed by atoms with van der Waals surface area (Å²) in [5.74, 6) is 0.385. The number of nitrogens with one attached hydrogen (secondary N) is 1. The van der Waals surface area contributed by atoms with Crippen LogP contribution in [0.25, 0.3) is 0 Å². The molecule has 4 heteroatoms. The second-order valence-electron chi connectivity index (χ2n) is 6.38. The molecule has 1 aromatic heterocycles. The van der Waals surface area contributed by atoms with Crippen LogP contribution in [0.15, 0.2) is 18.2 Å². The molecular weight excluding hydrogens is 274 g/mol. The van der Waals surface area contributed by atoms with E-state index >= 15 is 0 Å². The van der Waals surface area contributed by atoms with E-state index in [4.69, 9.17) is 0 Å². The van der Waals surface area contributed by atoms with Gasteiger partial charge in [0, 0.05) is 24.3 Å². The molecule has 1 atom stereocenters. The van der Waals surface area contributed by atoms with E-state index in [-0.39, 0.29) is 11.8 Å². The largest absolute Gasteiger partial charge is 0.312 e. The maximum absolute atomic E-state index is 12.7. The van der Waals surface area contributed by atoms with Gasteiger partial charge in [-0.1, -0.05) is 24.6 Å². The highest BCUT2D eigenvalue weighted by atomic mass is 16.2. The Balaban J connectivity index is 1.77. The van der Waals surface area contributed by atoms with Crippen molar-refractivity contribution in [2.24, 2.45) is 0 Å². The van der Waals surface area contributed by atoms with Crippen LogP contribution in [0.1, 0.15) is 47.3 Å². The summed E-state index contributed by atoms with van der Waals surface area (Å²) in [5.41, 5.74) is 6.87. The summed E-state index contributed by atoms with van der Waals surface area (Å²) in [5, 5.41) is 7.25.